The van der Waals surface area contributed by atoms with E-state index in [2.05, 4.69) is 12.6 Å². The highest BCUT2D eigenvalue weighted by molar-refractivity contribution is 7.80. The molecule has 0 aliphatic heterocycles. The fraction of sp³-hybridized carbons (Fsp3) is 0.538. The Kier molecular flexibility index (Phi) is 10.5. The smallest absolute Gasteiger partial charge is 0.119 e. The normalized spacial score (nSPS) is 11.6. The number of nitrogens with two attached hydrogens (primary N) is 1. The van der Waals surface area contributed by atoms with Crippen molar-refractivity contribution >= 4 is 25.0 Å². The van der Waals surface area contributed by atoms with Crippen LogP contribution in [0.5, 0.6) is 5.75 Å². The third-order valence-electron chi connectivity index (χ3n) is 2.47. The van der Waals surface area contributed by atoms with Gasteiger partial charge in [-0.25, -0.2) is 0 Å². The summed E-state index contributed by atoms with van der Waals surface area (Å²) in [4.78, 5) is 0. The molecule has 0 saturated carbocycles. The van der Waals surface area contributed by atoms with Crippen LogP contribution in [0.1, 0.15) is 25.7 Å². The quantitative estimate of drug-likeness (QED) is 0.564. The van der Waals surface area contributed by atoms with Gasteiger partial charge in [0.15, 0.2) is 0 Å². The van der Waals surface area contributed by atoms with Gasteiger partial charge < -0.3 is 10.5 Å². The molecule has 0 heterocycles. The molecule has 1 aromatic carbocycles. The molecule has 0 aliphatic rings. The fourth-order valence-corrected chi connectivity index (χ4v) is 1.67. The maximum absolute atomic E-state index is 5.77. The summed E-state index contributed by atoms with van der Waals surface area (Å²) in [6, 6.07) is 10.2. The second kappa shape index (κ2) is 10.8. The summed E-state index contributed by atoms with van der Waals surface area (Å²) in [5, 5.41) is 0. The molecule has 1 atom stereocenters. The first-order valence-electron chi connectivity index (χ1n) is 5.87. The molecule has 0 aliphatic carbocycles. The third kappa shape index (κ3) is 8.36. The Balaban J connectivity index is 0.00000256. The van der Waals surface area contributed by atoms with Crippen LogP contribution >= 0.6 is 25.0 Å². The van der Waals surface area contributed by atoms with Crippen LogP contribution in [0.4, 0.5) is 0 Å². The largest absolute Gasteiger partial charge is 0.494 e. The molecule has 1 aromatic rings. The summed E-state index contributed by atoms with van der Waals surface area (Å²) in [5.74, 6) is 1.73. The molecule has 0 radical (unpaired) electrons. The molecular weight excluding hydrogens is 254 g/mol. The summed E-state index contributed by atoms with van der Waals surface area (Å²) in [5.41, 5.74) is 5.77. The first-order chi connectivity index (χ1) is 7.83. The van der Waals surface area contributed by atoms with E-state index in [-0.39, 0.29) is 18.4 Å². The van der Waals surface area contributed by atoms with E-state index in [1.807, 2.05) is 30.3 Å². The standard InChI is InChI=1S/C13H21NOS.ClH/c14-12(11-16)7-3-2-6-10-15-13-8-4-1-5-9-13;/h1,4-5,8-9,12,16H,2-3,6-7,10-11,14H2;1H/t12-;/m1./s1. The molecule has 0 amide bonds. The first kappa shape index (κ1) is 16.6. The Hall–Kier alpha value is -0.380. The van der Waals surface area contributed by atoms with E-state index in [1.54, 1.807) is 0 Å². The second-order valence-electron chi connectivity index (χ2n) is 3.95. The number of para-hydroxylation sites is 1. The fourth-order valence-electron chi connectivity index (χ4n) is 1.48. The van der Waals surface area contributed by atoms with Gasteiger partial charge in [0.2, 0.25) is 0 Å². The molecule has 0 aromatic heterocycles. The van der Waals surface area contributed by atoms with Gasteiger partial charge in [0.25, 0.3) is 0 Å². The molecular formula is C13H22ClNOS. The van der Waals surface area contributed by atoms with E-state index in [0.717, 1.165) is 31.0 Å². The highest BCUT2D eigenvalue weighted by atomic mass is 35.5. The van der Waals surface area contributed by atoms with Crippen molar-refractivity contribution < 1.29 is 4.74 Å². The van der Waals surface area contributed by atoms with Crippen LogP contribution < -0.4 is 10.5 Å². The van der Waals surface area contributed by atoms with Crippen LogP contribution in [0.25, 0.3) is 0 Å². The number of halogens is 1. The molecule has 98 valence electrons. The predicted molar refractivity (Wildman–Crippen MR) is 79.5 cm³/mol. The number of unbranched alkanes of at least 4 members (excludes halogenated alkanes) is 2. The van der Waals surface area contributed by atoms with Gasteiger partial charge in [0, 0.05) is 11.8 Å². The lowest BCUT2D eigenvalue weighted by Gasteiger charge is -2.08. The highest BCUT2D eigenvalue weighted by Gasteiger charge is 1.98. The van der Waals surface area contributed by atoms with Crippen LogP contribution in [0, 0.1) is 0 Å². The molecule has 2 N–H and O–H groups in total. The molecule has 0 fully saturated rings. The van der Waals surface area contributed by atoms with Crippen LogP contribution in [-0.2, 0) is 0 Å². The molecule has 0 spiro atoms. The minimum atomic E-state index is 0. The average molecular weight is 276 g/mol. The van der Waals surface area contributed by atoms with E-state index in [1.165, 1.54) is 12.8 Å². The van der Waals surface area contributed by atoms with E-state index < -0.39 is 0 Å². The lowest BCUT2D eigenvalue weighted by Crippen LogP contribution is -2.21. The minimum Gasteiger partial charge on any atom is -0.494 e. The van der Waals surface area contributed by atoms with Crippen LogP contribution in [-0.4, -0.2) is 18.4 Å². The first-order valence-corrected chi connectivity index (χ1v) is 6.50. The van der Waals surface area contributed by atoms with Crippen molar-refractivity contribution in [3.05, 3.63) is 30.3 Å². The molecule has 0 unspecified atom stereocenters. The maximum atomic E-state index is 5.77. The zero-order valence-corrected chi connectivity index (χ0v) is 11.8. The number of thiol groups is 1. The number of benzene rings is 1. The second-order valence-corrected chi connectivity index (χ2v) is 4.32. The molecule has 17 heavy (non-hydrogen) atoms. The molecule has 0 saturated heterocycles. The highest BCUT2D eigenvalue weighted by Crippen LogP contribution is 2.10. The van der Waals surface area contributed by atoms with Gasteiger partial charge in [0.05, 0.1) is 6.61 Å². The van der Waals surface area contributed by atoms with Crippen LogP contribution in [0.3, 0.4) is 0 Å². The van der Waals surface area contributed by atoms with E-state index in [9.17, 15) is 0 Å². The summed E-state index contributed by atoms with van der Waals surface area (Å²) in [7, 11) is 0. The molecule has 4 heteroatoms. The van der Waals surface area contributed by atoms with Gasteiger partial charge >= 0.3 is 0 Å². The zero-order valence-electron chi connectivity index (χ0n) is 10.0. The monoisotopic (exact) mass is 275 g/mol. The van der Waals surface area contributed by atoms with Crippen molar-refractivity contribution in [2.75, 3.05) is 12.4 Å². The summed E-state index contributed by atoms with van der Waals surface area (Å²) in [6.07, 6.45) is 4.50. The number of hydrogen-bond acceptors (Lipinski definition) is 3. The van der Waals surface area contributed by atoms with Crippen LogP contribution in [0.15, 0.2) is 30.3 Å². The van der Waals surface area contributed by atoms with Crippen LogP contribution in [0.2, 0.25) is 0 Å². The van der Waals surface area contributed by atoms with Gasteiger partial charge in [-0.1, -0.05) is 31.0 Å². The number of hydrogen-bond donors (Lipinski definition) is 2. The molecule has 2 nitrogen and oxygen atoms in total. The van der Waals surface area contributed by atoms with Gasteiger partial charge in [-0.15, -0.1) is 12.4 Å². The topological polar surface area (TPSA) is 35.2 Å². The summed E-state index contributed by atoms with van der Waals surface area (Å²) in [6.45, 7) is 0.792. The minimum absolute atomic E-state index is 0. The Morgan fingerprint density at radius 1 is 1.12 bits per heavy atom. The van der Waals surface area contributed by atoms with Crippen molar-refractivity contribution in [3.63, 3.8) is 0 Å². The van der Waals surface area contributed by atoms with Gasteiger partial charge in [-0.05, 0) is 25.0 Å². The Morgan fingerprint density at radius 2 is 1.82 bits per heavy atom. The van der Waals surface area contributed by atoms with E-state index >= 15 is 0 Å². The van der Waals surface area contributed by atoms with Crippen molar-refractivity contribution in [2.45, 2.75) is 31.7 Å². The lowest BCUT2D eigenvalue weighted by molar-refractivity contribution is 0.304. The van der Waals surface area contributed by atoms with Crippen molar-refractivity contribution in [1.29, 1.82) is 0 Å². The molecule has 0 bridgehead atoms. The molecule has 1 rings (SSSR count). The van der Waals surface area contributed by atoms with Gasteiger partial charge in [-0.3, -0.25) is 0 Å². The van der Waals surface area contributed by atoms with Crippen molar-refractivity contribution in [2.24, 2.45) is 5.73 Å². The predicted octanol–water partition coefficient (Wildman–Crippen LogP) is 3.30. The SMILES string of the molecule is Cl.N[C@@H](CS)CCCCCOc1ccccc1. The van der Waals surface area contributed by atoms with Crippen molar-refractivity contribution in [1.82, 2.24) is 0 Å². The average Bonchev–Trinajstić information content (AvgIpc) is 2.34. The Labute approximate surface area is 116 Å². The van der Waals surface area contributed by atoms with E-state index in [4.69, 9.17) is 10.5 Å². The summed E-state index contributed by atoms with van der Waals surface area (Å²) < 4.78 is 5.59. The van der Waals surface area contributed by atoms with Gasteiger partial charge in [0.1, 0.15) is 5.75 Å². The zero-order chi connectivity index (χ0) is 11.6. The van der Waals surface area contributed by atoms with Gasteiger partial charge in [-0.2, -0.15) is 12.6 Å². The summed E-state index contributed by atoms with van der Waals surface area (Å²) >= 11 is 4.16. The number of ether oxygens (including phenoxy) is 1. The van der Waals surface area contributed by atoms with E-state index in [0.29, 0.717) is 0 Å². The van der Waals surface area contributed by atoms with Crippen molar-refractivity contribution in [3.8, 4) is 5.75 Å². The Morgan fingerprint density at radius 3 is 2.47 bits per heavy atom. The third-order valence-corrected chi connectivity index (χ3v) is 2.93. The number of rotatable bonds is 8. The Bertz CT molecular complexity index is 271. The maximum Gasteiger partial charge on any atom is 0.119 e. The lowest BCUT2D eigenvalue weighted by atomic mass is 10.1.